The van der Waals surface area contributed by atoms with Crippen LogP contribution < -0.4 is 0 Å². The number of aromatic amines is 1. The van der Waals surface area contributed by atoms with E-state index in [-0.39, 0.29) is 5.03 Å². The summed E-state index contributed by atoms with van der Waals surface area (Å²) in [6.45, 7) is 3.44. The Morgan fingerprint density at radius 3 is 2.71 bits per heavy atom. The molecule has 96 valence electrons. The van der Waals surface area contributed by atoms with Crippen molar-refractivity contribution >= 4 is 10.0 Å². The Balaban J connectivity index is 2.01. The van der Waals surface area contributed by atoms with Gasteiger partial charge >= 0.3 is 0 Å². The molecule has 0 amide bonds. The number of H-pyrrole nitrogens is 1. The summed E-state index contributed by atoms with van der Waals surface area (Å²) < 4.78 is 25.9. The second-order valence-electron chi connectivity index (χ2n) is 4.55. The standard InChI is InChI=1S/C11H19N3O2S/c1-2-3-10-4-6-14(7-5-10)17(15,16)11-8-12-9-13-11/h8-10H,2-7H2,1H3,(H,12,13). The fourth-order valence-electron chi connectivity index (χ4n) is 2.37. The van der Waals surface area contributed by atoms with Crippen LogP contribution >= 0.6 is 0 Å². The van der Waals surface area contributed by atoms with E-state index in [1.54, 1.807) is 4.31 Å². The highest BCUT2D eigenvalue weighted by Crippen LogP contribution is 2.25. The number of nitrogens with one attached hydrogen (secondary N) is 1. The summed E-state index contributed by atoms with van der Waals surface area (Å²) in [5, 5.41) is 0.200. The Morgan fingerprint density at radius 1 is 1.47 bits per heavy atom. The number of hydrogen-bond donors (Lipinski definition) is 1. The van der Waals surface area contributed by atoms with Crippen LogP contribution in [0.25, 0.3) is 0 Å². The number of rotatable bonds is 4. The van der Waals surface area contributed by atoms with Crippen LogP contribution in [0.1, 0.15) is 32.6 Å². The van der Waals surface area contributed by atoms with Crippen molar-refractivity contribution < 1.29 is 8.42 Å². The van der Waals surface area contributed by atoms with Crippen LogP contribution in [-0.2, 0) is 10.0 Å². The monoisotopic (exact) mass is 257 g/mol. The second kappa shape index (κ2) is 5.18. The van der Waals surface area contributed by atoms with Crippen LogP contribution in [-0.4, -0.2) is 35.8 Å². The van der Waals surface area contributed by atoms with Crippen molar-refractivity contribution in [3.63, 3.8) is 0 Å². The molecule has 0 bridgehead atoms. The predicted molar refractivity (Wildman–Crippen MR) is 65.0 cm³/mol. The first-order valence-corrected chi connectivity index (χ1v) is 7.57. The SMILES string of the molecule is CCCC1CCN(S(=O)(=O)c2cnc[nH]2)CC1. The fraction of sp³-hybridized carbons (Fsp3) is 0.727. The van der Waals surface area contributed by atoms with E-state index in [0.717, 1.165) is 12.8 Å². The smallest absolute Gasteiger partial charge is 0.260 e. The van der Waals surface area contributed by atoms with E-state index in [0.29, 0.717) is 19.0 Å². The highest BCUT2D eigenvalue weighted by atomic mass is 32.2. The molecule has 2 rings (SSSR count). The van der Waals surface area contributed by atoms with Crippen molar-refractivity contribution in [1.82, 2.24) is 14.3 Å². The second-order valence-corrected chi connectivity index (χ2v) is 6.46. The van der Waals surface area contributed by atoms with E-state index in [1.165, 1.54) is 25.4 Å². The molecule has 1 saturated heterocycles. The first kappa shape index (κ1) is 12.6. The molecule has 2 heterocycles. The molecule has 0 spiro atoms. The van der Waals surface area contributed by atoms with Gasteiger partial charge in [-0.25, -0.2) is 13.4 Å². The highest BCUT2D eigenvalue weighted by Gasteiger charge is 2.29. The molecule has 0 aromatic carbocycles. The molecule has 5 nitrogen and oxygen atoms in total. The fourth-order valence-corrected chi connectivity index (χ4v) is 3.74. The van der Waals surface area contributed by atoms with Gasteiger partial charge in [0.25, 0.3) is 10.0 Å². The molecular formula is C11H19N3O2S. The number of sulfonamides is 1. The number of hydrogen-bond acceptors (Lipinski definition) is 3. The van der Waals surface area contributed by atoms with Gasteiger partial charge in [0, 0.05) is 13.1 Å². The normalized spacial score (nSPS) is 19.6. The van der Waals surface area contributed by atoms with Crippen molar-refractivity contribution in [2.24, 2.45) is 5.92 Å². The lowest BCUT2D eigenvalue weighted by molar-refractivity contribution is 0.262. The number of aromatic nitrogens is 2. The molecule has 17 heavy (non-hydrogen) atoms. The quantitative estimate of drug-likeness (QED) is 0.891. The van der Waals surface area contributed by atoms with Gasteiger partial charge in [-0.15, -0.1) is 0 Å². The first-order valence-electron chi connectivity index (χ1n) is 6.13. The summed E-state index contributed by atoms with van der Waals surface area (Å²) in [6.07, 6.45) is 7.10. The van der Waals surface area contributed by atoms with Gasteiger partial charge in [-0.3, -0.25) is 0 Å². The van der Waals surface area contributed by atoms with Crippen LogP contribution in [0.4, 0.5) is 0 Å². The van der Waals surface area contributed by atoms with Crippen molar-refractivity contribution in [3.05, 3.63) is 12.5 Å². The van der Waals surface area contributed by atoms with Gasteiger partial charge in [0.15, 0.2) is 5.03 Å². The summed E-state index contributed by atoms with van der Waals surface area (Å²) >= 11 is 0. The summed E-state index contributed by atoms with van der Waals surface area (Å²) in [4.78, 5) is 6.44. The minimum Gasteiger partial charge on any atom is -0.335 e. The van der Waals surface area contributed by atoms with E-state index in [1.807, 2.05) is 0 Å². The van der Waals surface area contributed by atoms with Crippen LogP contribution in [0, 0.1) is 5.92 Å². The van der Waals surface area contributed by atoms with Gasteiger partial charge in [0.1, 0.15) is 0 Å². The largest absolute Gasteiger partial charge is 0.335 e. The molecular weight excluding hydrogens is 238 g/mol. The highest BCUT2D eigenvalue weighted by molar-refractivity contribution is 7.89. The topological polar surface area (TPSA) is 66.1 Å². The van der Waals surface area contributed by atoms with Gasteiger partial charge in [0.2, 0.25) is 0 Å². The molecule has 1 N–H and O–H groups in total. The Kier molecular flexibility index (Phi) is 3.83. The summed E-state index contributed by atoms with van der Waals surface area (Å²) in [5.41, 5.74) is 0. The van der Waals surface area contributed by atoms with Gasteiger partial charge in [-0.05, 0) is 18.8 Å². The Morgan fingerprint density at radius 2 is 2.18 bits per heavy atom. The molecule has 0 radical (unpaired) electrons. The molecule has 6 heteroatoms. The van der Waals surface area contributed by atoms with Crippen molar-refractivity contribution in [2.45, 2.75) is 37.6 Å². The number of imidazole rings is 1. The molecule has 1 aliphatic rings. The maximum Gasteiger partial charge on any atom is 0.260 e. The molecule has 1 aliphatic heterocycles. The van der Waals surface area contributed by atoms with E-state index >= 15 is 0 Å². The lowest BCUT2D eigenvalue weighted by atomic mass is 9.94. The van der Waals surface area contributed by atoms with E-state index in [2.05, 4.69) is 16.9 Å². The Labute approximate surface area is 102 Å². The van der Waals surface area contributed by atoms with Gasteiger partial charge in [0.05, 0.1) is 12.5 Å². The molecule has 1 aromatic heterocycles. The molecule has 0 saturated carbocycles. The van der Waals surface area contributed by atoms with Gasteiger partial charge in [-0.2, -0.15) is 4.31 Å². The Hall–Kier alpha value is -0.880. The van der Waals surface area contributed by atoms with Gasteiger partial charge in [-0.1, -0.05) is 19.8 Å². The maximum absolute atomic E-state index is 12.2. The van der Waals surface area contributed by atoms with Crippen molar-refractivity contribution in [1.29, 1.82) is 0 Å². The number of nitrogens with zero attached hydrogens (tertiary/aromatic N) is 2. The van der Waals surface area contributed by atoms with Crippen LogP contribution in [0.5, 0.6) is 0 Å². The molecule has 1 aromatic rings. The zero-order valence-corrected chi connectivity index (χ0v) is 10.9. The minimum atomic E-state index is -3.34. The van der Waals surface area contributed by atoms with Crippen LogP contribution in [0.2, 0.25) is 0 Å². The van der Waals surface area contributed by atoms with E-state index in [9.17, 15) is 8.42 Å². The first-order chi connectivity index (χ1) is 8.14. The van der Waals surface area contributed by atoms with E-state index in [4.69, 9.17) is 0 Å². The third kappa shape index (κ3) is 2.69. The zero-order chi connectivity index (χ0) is 12.3. The summed E-state index contributed by atoms with van der Waals surface area (Å²) in [7, 11) is -3.34. The summed E-state index contributed by atoms with van der Waals surface area (Å²) in [5.74, 6) is 0.688. The van der Waals surface area contributed by atoms with E-state index < -0.39 is 10.0 Å². The molecule has 0 atom stereocenters. The van der Waals surface area contributed by atoms with Crippen molar-refractivity contribution in [2.75, 3.05) is 13.1 Å². The van der Waals surface area contributed by atoms with Crippen molar-refractivity contribution in [3.8, 4) is 0 Å². The Bertz CT molecular complexity index is 433. The molecule has 0 aliphatic carbocycles. The maximum atomic E-state index is 12.2. The third-order valence-corrected chi connectivity index (χ3v) is 5.19. The third-order valence-electron chi connectivity index (χ3n) is 3.36. The average Bonchev–Trinajstić information content (AvgIpc) is 2.84. The van der Waals surface area contributed by atoms with Crippen LogP contribution in [0.3, 0.4) is 0 Å². The van der Waals surface area contributed by atoms with Gasteiger partial charge < -0.3 is 4.98 Å². The molecule has 1 fully saturated rings. The predicted octanol–water partition coefficient (Wildman–Crippen LogP) is 1.61. The lowest BCUT2D eigenvalue weighted by Crippen LogP contribution is -2.38. The summed E-state index contributed by atoms with van der Waals surface area (Å²) in [6, 6.07) is 0. The zero-order valence-electron chi connectivity index (χ0n) is 10.1. The average molecular weight is 257 g/mol. The number of piperidine rings is 1. The van der Waals surface area contributed by atoms with Crippen LogP contribution in [0.15, 0.2) is 17.6 Å². The molecule has 0 unspecified atom stereocenters. The minimum absolute atomic E-state index is 0.200. The lowest BCUT2D eigenvalue weighted by Gasteiger charge is -2.30.